The first kappa shape index (κ1) is 37.0. The topological polar surface area (TPSA) is 130 Å². The predicted molar refractivity (Wildman–Crippen MR) is 176 cm³/mol. The number of cyclic esters (lactones) is 3. The number of ether oxygens (including phenoxy) is 6. The Labute approximate surface area is 288 Å². The van der Waals surface area contributed by atoms with Gasteiger partial charge < -0.3 is 33.5 Å². The van der Waals surface area contributed by atoms with Crippen LogP contribution in [0.5, 0.6) is 0 Å². The summed E-state index contributed by atoms with van der Waals surface area (Å²) in [6, 6.07) is 7.29. The minimum Gasteiger partial charge on any atom is -0.457 e. The van der Waals surface area contributed by atoms with Crippen LogP contribution < -0.4 is 0 Å². The van der Waals surface area contributed by atoms with Crippen molar-refractivity contribution in [2.45, 2.75) is 141 Å². The quantitative estimate of drug-likeness (QED) is 0.295. The number of carbonyl (C=O) groups is 3. The van der Waals surface area contributed by atoms with Gasteiger partial charge in [-0.05, 0) is 77.6 Å². The summed E-state index contributed by atoms with van der Waals surface area (Å²) in [4.78, 5) is 42.2. The van der Waals surface area contributed by atoms with E-state index in [9.17, 15) is 19.5 Å². The summed E-state index contributed by atoms with van der Waals surface area (Å²) in [5, 5.41) is 12.4. The van der Waals surface area contributed by atoms with Gasteiger partial charge in [0.25, 0.3) is 0 Å². The number of aliphatic hydroxyl groups is 1. The van der Waals surface area contributed by atoms with Crippen molar-refractivity contribution in [3.63, 3.8) is 0 Å². The molecule has 2 unspecified atom stereocenters. The standard InChI is InChI=1S/C36H52ClNO10/c1-10-26-36(8,48-34(42)44-26)31-22(6)29-18(2)16-35(7,47-29)30(20(4)27(39)21(5)32(41)45-31)46-33-28(40)25(15-19(3)43-33)38(9)17-23-11-13-24(37)14-12-23/h11-14,18-22,25-26,28-31,33,40H,10,15-17H2,1-9H3/t18?,19-,20+,21-,22+,25+,26-,28-,29?,30-,31-,33+,35-,36-/m1/s1. The van der Waals surface area contributed by atoms with Crippen LogP contribution in [0.2, 0.25) is 5.02 Å². The van der Waals surface area contributed by atoms with Crippen molar-refractivity contribution in [2.24, 2.45) is 23.7 Å². The van der Waals surface area contributed by atoms with E-state index in [4.69, 9.17) is 40.0 Å². The highest BCUT2D eigenvalue weighted by atomic mass is 35.5. The maximum atomic E-state index is 14.1. The fourth-order valence-corrected chi connectivity index (χ4v) is 8.71. The van der Waals surface area contributed by atoms with Crippen LogP contribution in [0.3, 0.4) is 0 Å². The lowest BCUT2D eigenvalue weighted by Crippen LogP contribution is -2.58. The number of nitrogens with zero attached hydrogens (tertiary/aromatic N) is 1. The number of esters is 1. The molecule has 0 saturated carbocycles. The van der Waals surface area contributed by atoms with Gasteiger partial charge >= 0.3 is 12.1 Å². The Hall–Kier alpha value is -2.28. The first-order valence-corrected chi connectivity index (χ1v) is 17.6. The minimum atomic E-state index is -1.29. The zero-order chi connectivity index (χ0) is 35.3. The number of rotatable bonds is 7. The van der Waals surface area contributed by atoms with Gasteiger partial charge in [-0.25, -0.2) is 4.79 Å². The third-order valence-electron chi connectivity index (χ3n) is 11.1. The Morgan fingerprint density at radius 3 is 2.35 bits per heavy atom. The molecule has 0 radical (unpaired) electrons. The van der Waals surface area contributed by atoms with Crippen LogP contribution in [0.1, 0.15) is 80.2 Å². The van der Waals surface area contributed by atoms with E-state index in [1.165, 1.54) is 6.92 Å². The van der Waals surface area contributed by atoms with E-state index in [0.717, 1.165) is 5.56 Å². The molecular weight excluding hydrogens is 642 g/mol. The van der Waals surface area contributed by atoms with E-state index in [0.29, 0.717) is 30.8 Å². The van der Waals surface area contributed by atoms with Gasteiger partial charge in [0.2, 0.25) is 0 Å². The van der Waals surface area contributed by atoms with Crippen molar-refractivity contribution in [1.82, 2.24) is 4.90 Å². The molecule has 4 fully saturated rings. The Balaban J connectivity index is 1.45. The third kappa shape index (κ3) is 7.01. The van der Waals surface area contributed by atoms with E-state index in [1.807, 2.05) is 59.0 Å². The maximum Gasteiger partial charge on any atom is 0.509 e. The highest BCUT2D eigenvalue weighted by Crippen LogP contribution is 2.48. The van der Waals surface area contributed by atoms with Gasteiger partial charge in [0, 0.05) is 29.4 Å². The molecule has 0 aromatic heterocycles. The zero-order valence-corrected chi connectivity index (χ0v) is 30.3. The first-order valence-electron chi connectivity index (χ1n) is 17.2. The molecule has 1 aromatic rings. The second-order valence-electron chi connectivity index (χ2n) is 15.0. The highest BCUT2D eigenvalue weighted by molar-refractivity contribution is 6.30. The average Bonchev–Trinajstić information content (AvgIpc) is 3.52. The van der Waals surface area contributed by atoms with E-state index in [1.54, 1.807) is 13.8 Å². The normalized spacial score (nSPS) is 43.8. The number of halogens is 1. The van der Waals surface area contributed by atoms with Gasteiger partial charge in [-0.3, -0.25) is 14.5 Å². The molecule has 1 N–H and O–H groups in total. The first-order chi connectivity index (χ1) is 22.5. The van der Waals surface area contributed by atoms with Crippen LogP contribution >= 0.6 is 11.6 Å². The Kier molecular flexibility index (Phi) is 10.9. The summed E-state index contributed by atoms with van der Waals surface area (Å²) in [6.07, 6.45) is -4.52. The number of likely N-dealkylation sites (N-methyl/N-ethyl adjacent to an activating group) is 1. The van der Waals surface area contributed by atoms with Crippen LogP contribution in [0.15, 0.2) is 24.3 Å². The van der Waals surface area contributed by atoms with Crippen LogP contribution in [0.25, 0.3) is 0 Å². The van der Waals surface area contributed by atoms with Crippen molar-refractivity contribution < 1.29 is 47.9 Å². The summed E-state index contributed by atoms with van der Waals surface area (Å²) >= 11 is 6.09. The van der Waals surface area contributed by atoms with Gasteiger partial charge in [0.1, 0.15) is 24.2 Å². The third-order valence-corrected chi connectivity index (χ3v) is 11.4. The lowest BCUT2D eigenvalue weighted by atomic mass is 9.76. The van der Waals surface area contributed by atoms with E-state index < -0.39 is 77.9 Å². The van der Waals surface area contributed by atoms with Crippen molar-refractivity contribution in [3.05, 3.63) is 34.9 Å². The number of aliphatic hydroxyl groups excluding tert-OH is 1. The van der Waals surface area contributed by atoms with E-state index >= 15 is 0 Å². The summed E-state index contributed by atoms with van der Waals surface area (Å²) in [6.45, 7) is 15.2. The SMILES string of the molecule is CC[C@H]1OC(=O)O[C@@]1(C)[C@@H]1OC(=O)[C@H](C)C(=O)[C@H](C)[C@@H](O[C@@H]2O[C@H](C)C[C@H](N(C)Cc3ccc(Cl)cc3)[C@H]2O)[C@@]2(C)CC(C)C(O2)[C@@H]1C. The number of hydrogen-bond acceptors (Lipinski definition) is 11. The molecule has 268 valence electrons. The number of benzene rings is 1. The summed E-state index contributed by atoms with van der Waals surface area (Å²) in [5.74, 6) is -3.56. The monoisotopic (exact) mass is 693 g/mol. The average molecular weight is 694 g/mol. The number of Topliss-reactive ketones (excluding diaryl/α,β-unsaturated/α-hetero) is 1. The lowest BCUT2D eigenvalue weighted by Gasteiger charge is -2.46. The van der Waals surface area contributed by atoms with Crippen molar-refractivity contribution in [1.29, 1.82) is 0 Å². The molecule has 0 spiro atoms. The summed E-state index contributed by atoms with van der Waals surface area (Å²) in [7, 11) is 1.95. The number of fused-ring (bicyclic) bond motifs is 2. The molecule has 2 bridgehead atoms. The molecule has 1 aromatic carbocycles. The van der Waals surface area contributed by atoms with Gasteiger partial charge in [0.15, 0.2) is 17.7 Å². The van der Waals surface area contributed by atoms with E-state index in [2.05, 4.69) is 11.8 Å². The van der Waals surface area contributed by atoms with Crippen molar-refractivity contribution in [3.8, 4) is 0 Å². The van der Waals surface area contributed by atoms with Gasteiger partial charge in [-0.15, -0.1) is 0 Å². The highest BCUT2D eigenvalue weighted by Gasteiger charge is 2.61. The van der Waals surface area contributed by atoms with Gasteiger partial charge in [-0.1, -0.05) is 51.4 Å². The Bertz CT molecular complexity index is 1340. The summed E-state index contributed by atoms with van der Waals surface area (Å²) < 4.78 is 37.1. The van der Waals surface area contributed by atoms with Crippen LogP contribution in [-0.4, -0.2) is 95.1 Å². The molecule has 12 heteroatoms. The second-order valence-corrected chi connectivity index (χ2v) is 15.4. The Morgan fingerprint density at radius 1 is 1.04 bits per heavy atom. The molecule has 14 atom stereocenters. The number of hydrogen-bond donors (Lipinski definition) is 1. The van der Waals surface area contributed by atoms with Crippen LogP contribution in [0, 0.1) is 23.7 Å². The maximum absolute atomic E-state index is 14.1. The van der Waals surface area contributed by atoms with Crippen molar-refractivity contribution >= 4 is 29.5 Å². The molecule has 0 aliphatic carbocycles. The zero-order valence-electron chi connectivity index (χ0n) is 29.5. The summed E-state index contributed by atoms with van der Waals surface area (Å²) in [5.41, 5.74) is -1.23. The lowest BCUT2D eigenvalue weighted by molar-refractivity contribution is -0.296. The molecule has 0 amide bonds. The molecule has 4 aliphatic rings. The Morgan fingerprint density at radius 2 is 1.71 bits per heavy atom. The fraction of sp³-hybridized carbons (Fsp3) is 0.750. The second kappa shape index (κ2) is 14.2. The largest absolute Gasteiger partial charge is 0.509 e. The molecular formula is C36H52ClNO10. The molecule has 48 heavy (non-hydrogen) atoms. The van der Waals surface area contributed by atoms with Gasteiger partial charge in [-0.2, -0.15) is 0 Å². The number of ketones is 1. The minimum absolute atomic E-state index is 0.0486. The molecule has 4 heterocycles. The smallest absolute Gasteiger partial charge is 0.457 e. The number of carbonyl (C=O) groups excluding carboxylic acids is 3. The molecule has 4 aliphatic heterocycles. The molecule has 4 saturated heterocycles. The van der Waals surface area contributed by atoms with Crippen LogP contribution in [-0.2, 0) is 44.6 Å². The molecule has 11 nitrogen and oxygen atoms in total. The predicted octanol–water partition coefficient (Wildman–Crippen LogP) is 5.31. The van der Waals surface area contributed by atoms with Crippen LogP contribution in [0.4, 0.5) is 4.79 Å². The molecule has 5 rings (SSSR count). The van der Waals surface area contributed by atoms with Crippen molar-refractivity contribution in [2.75, 3.05) is 7.05 Å². The van der Waals surface area contributed by atoms with Gasteiger partial charge in [0.05, 0.1) is 23.9 Å². The van der Waals surface area contributed by atoms with E-state index in [-0.39, 0.29) is 23.8 Å². The fourth-order valence-electron chi connectivity index (χ4n) is 8.59.